The molecule has 1 rings (SSSR count). The van der Waals surface area contributed by atoms with E-state index >= 15 is 0 Å². The van der Waals surface area contributed by atoms with E-state index in [9.17, 15) is 14.4 Å². The molecule has 0 radical (unpaired) electrons. The molecular formula is C12H19NO3. The molecule has 16 heavy (non-hydrogen) atoms. The van der Waals surface area contributed by atoms with E-state index in [1.54, 1.807) is 0 Å². The summed E-state index contributed by atoms with van der Waals surface area (Å²) in [6, 6.07) is 0. The Balaban J connectivity index is 2.38. The van der Waals surface area contributed by atoms with Crippen LogP contribution in [0.15, 0.2) is 0 Å². The first-order valence-corrected chi connectivity index (χ1v) is 5.89. The molecule has 1 aliphatic rings. The fraction of sp³-hybridized carbons (Fsp3) is 0.750. The summed E-state index contributed by atoms with van der Waals surface area (Å²) in [5.41, 5.74) is 0. The lowest BCUT2D eigenvalue weighted by molar-refractivity contribution is -0.150. The molecule has 4 heteroatoms. The Kier molecular flexibility index (Phi) is 4.65. The first-order valence-electron chi connectivity index (χ1n) is 5.89. The van der Waals surface area contributed by atoms with Crippen molar-refractivity contribution in [3.05, 3.63) is 0 Å². The molecule has 0 saturated carbocycles. The lowest BCUT2D eigenvalue weighted by atomic mass is 9.97. The van der Waals surface area contributed by atoms with Gasteiger partial charge in [0.15, 0.2) is 0 Å². The number of piperidine rings is 1. The highest BCUT2D eigenvalue weighted by Crippen LogP contribution is 2.19. The van der Waals surface area contributed by atoms with Crippen LogP contribution in [0.1, 0.15) is 46.0 Å². The minimum Gasteiger partial charge on any atom is -0.300 e. The molecule has 0 bridgehead atoms. The van der Waals surface area contributed by atoms with Crippen LogP contribution in [0.25, 0.3) is 0 Å². The van der Waals surface area contributed by atoms with Crippen LogP contribution in [0, 0.1) is 5.92 Å². The lowest BCUT2D eigenvalue weighted by Crippen LogP contribution is -2.43. The van der Waals surface area contributed by atoms with Crippen LogP contribution in [0.2, 0.25) is 0 Å². The predicted octanol–water partition coefficient (Wildman–Crippen LogP) is 1.53. The van der Waals surface area contributed by atoms with Gasteiger partial charge >= 0.3 is 0 Å². The zero-order chi connectivity index (χ0) is 12.1. The van der Waals surface area contributed by atoms with Gasteiger partial charge in [0.05, 0.1) is 0 Å². The van der Waals surface area contributed by atoms with Gasteiger partial charge in [0.2, 0.25) is 11.8 Å². The highest BCUT2D eigenvalue weighted by atomic mass is 16.2. The van der Waals surface area contributed by atoms with Gasteiger partial charge in [0.25, 0.3) is 0 Å². The minimum atomic E-state index is -0.0901. The number of hydrogen-bond donors (Lipinski definition) is 0. The number of carbonyl (C=O) groups excluding carboxylic acids is 3. The maximum Gasteiger partial charge on any atom is 0.229 e. The third kappa shape index (κ3) is 3.43. The van der Waals surface area contributed by atoms with E-state index in [1.165, 1.54) is 4.90 Å². The van der Waals surface area contributed by atoms with Crippen molar-refractivity contribution in [1.82, 2.24) is 4.90 Å². The standard InChI is InChI=1S/C12H19NO3/c1-3-10(14)5-4-6-13-11(15)7-9(2)8-12(13)16/h9H,3-8H2,1-2H3. The number of carbonyl (C=O) groups is 3. The SMILES string of the molecule is CCC(=O)CCCN1C(=O)CC(C)CC1=O. The van der Waals surface area contributed by atoms with E-state index in [-0.39, 0.29) is 23.5 Å². The fourth-order valence-corrected chi connectivity index (χ4v) is 1.89. The Labute approximate surface area is 96.0 Å². The zero-order valence-electron chi connectivity index (χ0n) is 9.99. The van der Waals surface area contributed by atoms with Crippen LogP contribution in [0.3, 0.4) is 0 Å². The molecule has 1 aliphatic heterocycles. The minimum absolute atomic E-state index is 0.0901. The number of nitrogens with zero attached hydrogens (tertiary/aromatic N) is 1. The van der Waals surface area contributed by atoms with Crippen LogP contribution in [0.5, 0.6) is 0 Å². The van der Waals surface area contributed by atoms with Crippen LogP contribution < -0.4 is 0 Å². The van der Waals surface area contributed by atoms with Gasteiger partial charge in [-0.25, -0.2) is 0 Å². The van der Waals surface area contributed by atoms with Gasteiger partial charge in [-0.3, -0.25) is 19.3 Å². The number of Topliss-reactive ketones (excluding diaryl/α,β-unsaturated/α-hetero) is 1. The molecule has 0 spiro atoms. The van der Waals surface area contributed by atoms with Gasteiger partial charge in [-0.15, -0.1) is 0 Å². The molecule has 90 valence electrons. The van der Waals surface area contributed by atoms with Crippen LogP contribution in [0.4, 0.5) is 0 Å². The molecule has 4 nitrogen and oxygen atoms in total. The Morgan fingerprint density at radius 2 is 1.88 bits per heavy atom. The average molecular weight is 225 g/mol. The summed E-state index contributed by atoms with van der Waals surface area (Å²) in [6.07, 6.45) is 2.49. The molecule has 0 aliphatic carbocycles. The van der Waals surface area contributed by atoms with E-state index in [0.717, 1.165) is 0 Å². The summed E-state index contributed by atoms with van der Waals surface area (Å²) in [4.78, 5) is 35.5. The Hall–Kier alpha value is -1.19. The van der Waals surface area contributed by atoms with Crippen LogP contribution in [-0.2, 0) is 14.4 Å². The van der Waals surface area contributed by atoms with Crippen LogP contribution >= 0.6 is 0 Å². The molecular weight excluding hydrogens is 206 g/mol. The predicted molar refractivity (Wildman–Crippen MR) is 59.7 cm³/mol. The average Bonchev–Trinajstić information content (AvgIpc) is 2.21. The molecule has 1 fully saturated rings. The van der Waals surface area contributed by atoms with Crippen molar-refractivity contribution in [1.29, 1.82) is 0 Å². The van der Waals surface area contributed by atoms with Gasteiger partial charge in [-0.05, 0) is 12.3 Å². The first kappa shape index (κ1) is 12.9. The second-order valence-corrected chi connectivity index (χ2v) is 4.45. The van der Waals surface area contributed by atoms with Crippen LogP contribution in [-0.4, -0.2) is 29.0 Å². The molecule has 0 aromatic rings. The van der Waals surface area contributed by atoms with Crippen molar-refractivity contribution in [2.75, 3.05) is 6.54 Å². The van der Waals surface area contributed by atoms with Gasteiger partial charge in [-0.2, -0.15) is 0 Å². The summed E-state index contributed by atoms with van der Waals surface area (Å²) in [5, 5.41) is 0. The Morgan fingerprint density at radius 3 is 2.38 bits per heavy atom. The maximum absolute atomic E-state index is 11.6. The molecule has 0 aromatic heterocycles. The number of imide groups is 1. The number of rotatable bonds is 5. The number of likely N-dealkylation sites (tertiary alicyclic amines) is 1. The second-order valence-electron chi connectivity index (χ2n) is 4.45. The smallest absolute Gasteiger partial charge is 0.229 e. The zero-order valence-corrected chi connectivity index (χ0v) is 9.99. The Morgan fingerprint density at radius 1 is 1.31 bits per heavy atom. The quantitative estimate of drug-likeness (QED) is 0.667. The van der Waals surface area contributed by atoms with Crippen molar-refractivity contribution >= 4 is 17.6 Å². The highest BCUT2D eigenvalue weighted by Gasteiger charge is 2.29. The summed E-state index contributed by atoms with van der Waals surface area (Å²) < 4.78 is 0. The van der Waals surface area contributed by atoms with Crippen molar-refractivity contribution < 1.29 is 14.4 Å². The summed E-state index contributed by atoms with van der Waals surface area (Å²) >= 11 is 0. The van der Waals surface area contributed by atoms with E-state index in [2.05, 4.69) is 0 Å². The van der Waals surface area contributed by atoms with E-state index in [0.29, 0.717) is 38.6 Å². The largest absolute Gasteiger partial charge is 0.300 e. The molecule has 1 heterocycles. The molecule has 2 amide bonds. The lowest BCUT2D eigenvalue weighted by Gasteiger charge is -2.28. The number of hydrogen-bond acceptors (Lipinski definition) is 3. The van der Waals surface area contributed by atoms with Crippen molar-refractivity contribution in [3.63, 3.8) is 0 Å². The first-order chi connectivity index (χ1) is 7.54. The van der Waals surface area contributed by atoms with Crippen molar-refractivity contribution in [2.24, 2.45) is 5.92 Å². The normalized spacial score (nSPS) is 18.0. The molecule has 0 unspecified atom stereocenters. The summed E-state index contributed by atoms with van der Waals surface area (Å²) in [7, 11) is 0. The third-order valence-electron chi connectivity index (χ3n) is 2.88. The third-order valence-corrected chi connectivity index (χ3v) is 2.88. The fourth-order valence-electron chi connectivity index (χ4n) is 1.89. The number of amides is 2. The summed E-state index contributed by atoms with van der Waals surface area (Å²) in [6.45, 7) is 4.13. The topological polar surface area (TPSA) is 54.5 Å². The van der Waals surface area contributed by atoms with E-state index < -0.39 is 0 Å². The number of ketones is 1. The van der Waals surface area contributed by atoms with Gasteiger partial charge in [-0.1, -0.05) is 13.8 Å². The van der Waals surface area contributed by atoms with Crippen molar-refractivity contribution in [3.8, 4) is 0 Å². The molecule has 1 saturated heterocycles. The molecule has 0 N–H and O–H groups in total. The molecule has 0 atom stereocenters. The van der Waals surface area contributed by atoms with E-state index in [1.807, 2.05) is 13.8 Å². The van der Waals surface area contributed by atoms with Gasteiger partial charge in [0.1, 0.15) is 5.78 Å². The monoisotopic (exact) mass is 225 g/mol. The van der Waals surface area contributed by atoms with Crippen molar-refractivity contribution in [2.45, 2.75) is 46.0 Å². The highest BCUT2D eigenvalue weighted by molar-refractivity contribution is 5.97. The van der Waals surface area contributed by atoms with Gasteiger partial charge < -0.3 is 0 Å². The molecule has 0 aromatic carbocycles. The van der Waals surface area contributed by atoms with Gasteiger partial charge in [0, 0.05) is 32.2 Å². The summed E-state index contributed by atoms with van der Waals surface area (Å²) in [5.74, 6) is 0.166. The van der Waals surface area contributed by atoms with E-state index in [4.69, 9.17) is 0 Å². The Bertz CT molecular complexity index is 281. The second kappa shape index (κ2) is 5.77. The maximum atomic E-state index is 11.6.